The molecule has 0 fully saturated rings. The SMILES string of the molecule is COC(=O)CN(c1cccc(Cl)c1)S(=O)(=O)c1ccc2nncn2c1. The number of anilines is 1. The van der Waals surface area contributed by atoms with E-state index in [1.54, 1.807) is 18.2 Å². The molecule has 0 N–H and O–H groups in total. The van der Waals surface area contributed by atoms with Gasteiger partial charge in [0.05, 0.1) is 12.8 Å². The molecule has 25 heavy (non-hydrogen) atoms. The van der Waals surface area contributed by atoms with Crippen molar-refractivity contribution in [3.05, 3.63) is 53.9 Å². The van der Waals surface area contributed by atoms with Crippen LogP contribution >= 0.6 is 11.6 Å². The number of carbonyl (C=O) groups excluding carboxylic acids is 1. The fraction of sp³-hybridized carbons (Fsp3) is 0.133. The van der Waals surface area contributed by atoms with Gasteiger partial charge in [-0.1, -0.05) is 17.7 Å². The zero-order valence-electron chi connectivity index (χ0n) is 13.0. The zero-order valence-corrected chi connectivity index (χ0v) is 14.6. The lowest BCUT2D eigenvalue weighted by atomic mass is 10.3. The van der Waals surface area contributed by atoms with Gasteiger partial charge in [-0.2, -0.15) is 0 Å². The number of fused-ring (bicyclic) bond motifs is 1. The number of rotatable bonds is 5. The molecule has 0 aliphatic rings. The number of ether oxygens (including phenoxy) is 1. The number of hydrogen-bond donors (Lipinski definition) is 0. The van der Waals surface area contributed by atoms with Crippen LogP contribution in [-0.2, 0) is 19.6 Å². The van der Waals surface area contributed by atoms with E-state index in [2.05, 4.69) is 14.9 Å². The highest BCUT2D eigenvalue weighted by Crippen LogP contribution is 2.26. The van der Waals surface area contributed by atoms with Crippen molar-refractivity contribution < 1.29 is 17.9 Å². The van der Waals surface area contributed by atoms with Gasteiger partial charge in [0, 0.05) is 11.2 Å². The van der Waals surface area contributed by atoms with Crippen LogP contribution in [0.2, 0.25) is 5.02 Å². The molecule has 0 atom stereocenters. The topological polar surface area (TPSA) is 93.9 Å². The van der Waals surface area contributed by atoms with Crippen molar-refractivity contribution >= 4 is 38.9 Å². The van der Waals surface area contributed by atoms with E-state index in [4.69, 9.17) is 11.6 Å². The summed E-state index contributed by atoms with van der Waals surface area (Å²) in [6, 6.07) is 9.13. The molecule has 3 aromatic rings. The minimum absolute atomic E-state index is 0.0244. The molecule has 1 aromatic carbocycles. The second kappa shape index (κ2) is 6.69. The van der Waals surface area contributed by atoms with Crippen molar-refractivity contribution in [2.45, 2.75) is 4.90 Å². The van der Waals surface area contributed by atoms with Crippen molar-refractivity contribution in [3.8, 4) is 0 Å². The van der Waals surface area contributed by atoms with E-state index in [0.717, 1.165) is 4.31 Å². The summed E-state index contributed by atoms with van der Waals surface area (Å²) in [5, 5.41) is 7.89. The lowest BCUT2D eigenvalue weighted by Crippen LogP contribution is -2.36. The molecule has 8 nitrogen and oxygen atoms in total. The quantitative estimate of drug-likeness (QED) is 0.626. The second-order valence-electron chi connectivity index (χ2n) is 5.03. The summed E-state index contributed by atoms with van der Waals surface area (Å²) in [6.07, 6.45) is 2.76. The lowest BCUT2D eigenvalue weighted by molar-refractivity contribution is -0.138. The predicted molar refractivity (Wildman–Crippen MR) is 91.0 cm³/mol. The second-order valence-corrected chi connectivity index (χ2v) is 7.33. The molecule has 0 radical (unpaired) electrons. The van der Waals surface area contributed by atoms with Crippen LogP contribution in [0.4, 0.5) is 5.69 Å². The van der Waals surface area contributed by atoms with Gasteiger partial charge in [0.25, 0.3) is 10.0 Å². The molecule has 0 saturated carbocycles. The highest BCUT2D eigenvalue weighted by Gasteiger charge is 2.28. The lowest BCUT2D eigenvalue weighted by Gasteiger charge is -2.23. The summed E-state index contributed by atoms with van der Waals surface area (Å²) in [5.41, 5.74) is 0.753. The van der Waals surface area contributed by atoms with Crippen molar-refractivity contribution in [1.82, 2.24) is 14.6 Å². The smallest absolute Gasteiger partial charge is 0.326 e. The Labute approximate surface area is 148 Å². The minimum atomic E-state index is -4.05. The van der Waals surface area contributed by atoms with Gasteiger partial charge in [0.1, 0.15) is 17.8 Å². The Morgan fingerprint density at radius 2 is 2.12 bits per heavy atom. The Bertz CT molecular complexity index is 1030. The van der Waals surface area contributed by atoms with Gasteiger partial charge < -0.3 is 4.74 Å². The van der Waals surface area contributed by atoms with Crippen molar-refractivity contribution in [3.63, 3.8) is 0 Å². The van der Waals surface area contributed by atoms with Gasteiger partial charge in [-0.15, -0.1) is 10.2 Å². The van der Waals surface area contributed by atoms with E-state index < -0.39 is 22.5 Å². The molecule has 10 heteroatoms. The third-order valence-electron chi connectivity index (χ3n) is 3.45. The van der Waals surface area contributed by atoms with Gasteiger partial charge in [-0.3, -0.25) is 13.5 Å². The van der Waals surface area contributed by atoms with Crippen LogP contribution in [0.5, 0.6) is 0 Å². The number of esters is 1. The van der Waals surface area contributed by atoms with E-state index in [1.807, 2.05) is 0 Å². The molecule has 0 spiro atoms. The van der Waals surface area contributed by atoms with Crippen LogP contribution in [0.25, 0.3) is 5.65 Å². The number of halogens is 1. The van der Waals surface area contributed by atoms with Crippen LogP contribution < -0.4 is 4.31 Å². The van der Waals surface area contributed by atoms with Crippen LogP contribution in [0.15, 0.2) is 53.8 Å². The maximum Gasteiger partial charge on any atom is 0.326 e. The summed E-state index contributed by atoms with van der Waals surface area (Å²) < 4.78 is 33.2. The first-order chi connectivity index (χ1) is 11.9. The summed E-state index contributed by atoms with van der Waals surface area (Å²) in [4.78, 5) is 11.7. The van der Waals surface area contributed by atoms with Crippen molar-refractivity contribution in [2.75, 3.05) is 18.0 Å². The highest BCUT2D eigenvalue weighted by molar-refractivity contribution is 7.92. The maximum atomic E-state index is 13.1. The first kappa shape index (κ1) is 17.2. The number of pyridine rings is 1. The number of nitrogens with zero attached hydrogens (tertiary/aromatic N) is 4. The van der Waals surface area contributed by atoms with Gasteiger partial charge in [-0.25, -0.2) is 8.42 Å². The Balaban J connectivity index is 2.10. The Morgan fingerprint density at radius 3 is 2.84 bits per heavy atom. The average Bonchev–Trinajstić information content (AvgIpc) is 3.06. The largest absolute Gasteiger partial charge is 0.468 e. The number of methoxy groups -OCH3 is 1. The molecule has 130 valence electrons. The summed E-state index contributed by atoms with van der Waals surface area (Å²) >= 11 is 5.96. The fourth-order valence-electron chi connectivity index (χ4n) is 2.21. The highest BCUT2D eigenvalue weighted by atomic mass is 35.5. The first-order valence-corrected chi connectivity index (χ1v) is 8.88. The fourth-order valence-corrected chi connectivity index (χ4v) is 3.81. The molecule has 2 heterocycles. The first-order valence-electron chi connectivity index (χ1n) is 7.06. The maximum absolute atomic E-state index is 13.1. The Hall–Kier alpha value is -2.65. The normalized spacial score (nSPS) is 11.4. The minimum Gasteiger partial charge on any atom is -0.468 e. The van der Waals surface area contributed by atoms with Gasteiger partial charge in [-0.05, 0) is 30.3 Å². The Kier molecular flexibility index (Phi) is 4.60. The number of sulfonamides is 1. The number of benzene rings is 1. The third kappa shape index (κ3) is 3.42. The van der Waals surface area contributed by atoms with E-state index in [9.17, 15) is 13.2 Å². The van der Waals surface area contributed by atoms with Crippen LogP contribution in [-0.4, -0.2) is 42.6 Å². The van der Waals surface area contributed by atoms with Gasteiger partial charge >= 0.3 is 5.97 Å². The summed E-state index contributed by atoms with van der Waals surface area (Å²) in [6.45, 7) is -0.487. The average molecular weight is 381 g/mol. The van der Waals surface area contributed by atoms with E-state index in [-0.39, 0.29) is 10.6 Å². The number of carbonyl (C=O) groups is 1. The van der Waals surface area contributed by atoms with Gasteiger partial charge in [0.15, 0.2) is 5.65 Å². The molecular formula is C15H13ClN4O4S. The van der Waals surface area contributed by atoms with E-state index in [0.29, 0.717) is 10.7 Å². The van der Waals surface area contributed by atoms with Crippen LogP contribution in [0.3, 0.4) is 0 Å². The molecule has 0 bridgehead atoms. The third-order valence-corrected chi connectivity index (χ3v) is 5.44. The van der Waals surface area contributed by atoms with E-state index >= 15 is 0 Å². The molecule has 0 saturated heterocycles. The monoisotopic (exact) mass is 380 g/mol. The summed E-state index contributed by atoms with van der Waals surface area (Å²) in [7, 11) is -2.86. The van der Waals surface area contributed by atoms with Crippen molar-refractivity contribution in [2.24, 2.45) is 0 Å². The standard InChI is InChI=1S/C15H13ClN4O4S/c1-24-15(21)9-20(12-4-2-3-11(16)7-12)25(22,23)13-5-6-14-18-17-10-19(14)8-13/h2-8,10H,9H2,1H3. The van der Waals surface area contributed by atoms with Crippen LogP contribution in [0, 0.1) is 0 Å². The predicted octanol–water partition coefficient (Wildman–Crippen LogP) is 1.75. The molecule has 0 amide bonds. The van der Waals surface area contributed by atoms with E-state index in [1.165, 1.54) is 42.2 Å². The molecule has 2 aromatic heterocycles. The van der Waals surface area contributed by atoms with Gasteiger partial charge in [0.2, 0.25) is 0 Å². The van der Waals surface area contributed by atoms with Crippen LogP contribution in [0.1, 0.15) is 0 Å². The van der Waals surface area contributed by atoms with Crippen molar-refractivity contribution in [1.29, 1.82) is 0 Å². The summed E-state index contributed by atoms with van der Waals surface area (Å²) in [5.74, 6) is -0.700. The molecule has 0 unspecified atom stereocenters. The molecule has 0 aliphatic carbocycles. The molecule has 3 rings (SSSR count). The zero-order chi connectivity index (χ0) is 18.0. The molecular weight excluding hydrogens is 368 g/mol. The Morgan fingerprint density at radius 1 is 1.32 bits per heavy atom. The number of aromatic nitrogens is 3. The molecule has 0 aliphatic heterocycles. The number of hydrogen-bond acceptors (Lipinski definition) is 6.